The SMILES string of the molecule is CCN(CC)C1CCN(C(=NCC(=O)N(C)C)NCC2CCCCO2)C1.I. The zero-order chi connectivity index (χ0) is 18.9. The molecular weight excluding hydrogens is 457 g/mol. The Morgan fingerprint density at radius 3 is 2.56 bits per heavy atom. The summed E-state index contributed by atoms with van der Waals surface area (Å²) >= 11 is 0. The van der Waals surface area contributed by atoms with E-state index in [1.165, 1.54) is 6.42 Å². The normalized spacial score (nSPS) is 23.3. The molecule has 0 aromatic heterocycles. The summed E-state index contributed by atoms with van der Waals surface area (Å²) in [6.07, 6.45) is 4.88. The summed E-state index contributed by atoms with van der Waals surface area (Å²) in [5.74, 6) is 0.877. The Morgan fingerprint density at radius 1 is 1.22 bits per heavy atom. The Kier molecular flexibility index (Phi) is 11.6. The van der Waals surface area contributed by atoms with Crippen LogP contribution >= 0.6 is 24.0 Å². The first-order valence-electron chi connectivity index (χ1n) is 10.1. The van der Waals surface area contributed by atoms with E-state index in [4.69, 9.17) is 4.74 Å². The fraction of sp³-hybridized carbons (Fsp3) is 0.895. The first-order valence-corrected chi connectivity index (χ1v) is 10.1. The summed E-state index contributed by atoms with van der Waals surface area (Å²) in [4.78, 5) is 23.0. The minimum atomic E-state index is 0. The molecule has 1 N–H and O–H groups in total. The van der Waals surface area contributed by atoms with Crippen molar-refractivity contribution in [3.8, 4) is 0 Å². The van der Waals surface area contributed by atoms with E-state index in [0.29, 0.717) is 6.04 Å². The van der Waals surface area contributed by atoms with E-state index in [-0.39, 0.29) is 42.5 Å². The molecule has 2 aliphatic heterocycles. The molecule has 8 heteroatoms. The number of nitrogens with zero attached hydrogens (tertiary/aromatic N) is 4. The van der Waals surface area contributed by atoms with Gasteiger partial charge in [0.05, 0.1) is 6.10 Å². The van der Waals surface area contributed by atoms with Crippen molar-refractivity contribution in [2.45, 2.75) is 51.7 Å². The maximum Gasteiger partial charge on any atom is 0.243 e. The predicted molar refractivity (Wildman–Crippen MR) is 121 cm³/mol. The van der Waals surface area contributed by atoms with Gasteiger partial charge in [-0.2, -0.15) is 0 Å². The molecule has 0 aromatic carbocycles. The summed E-state index contributed by atoms with van der Waals surface area (Å²) in [7, 11) is 3.54. The van der Waals surface area contributed by atoms with Crippen LogP contribution in [0.3, 0.4) is 0 Å². The summed E-state index contributed by atoms with van der Waals surface area (Å²) in [5, 5.41) is 3.48. The predicted octanol–water partition coefficient (Wildman–Crippen LogP) is 1.62. The van der Waals surface area contributed by atoms with Crippen molar-refractivity contribution in [3.63, 3.8) is 0 Å². The average molecular weight is 495 g/mol. The molecule has 27 heavy (non-hydrogen) atoms. The lowest BCUT2D eigenvalue weighted by molar-refractivity contribution is -0.127. The Labute approximate surface area is 181 Å². The molecule has 2 saturated heterocycles. The van der Waals surface area contributed by atoms with Gasteiger partial charge < -0.3 is 19.9 Å². The first-order chi connectivity index (χ1) is 12.5. The minimum absolute atomic E-state index is 0. The fourth-order valence-electron chi connectivity index (χ4n) is 3.70. The van der Waals surface area contributed by atoms with Crippen LogP contribution in [0, 0.1) is 0 Å². The average Bonchev–Trinajstić information content (AvgIpc) is 3.13. The molecule has 0 spiro atoms. The highest BCUT2D eigenvalue weighted by Crippen LogP contribution is 2.16. The van der Waals surface area contributed by atoms with Gasteiger partial charge in [-0.15, -0.1) is 24.0 Å². The lowest BCUT2D eigenvalue weighted by atomic mass is 10.1. The molecule has 2 atom stereocenters. The van der Waals surface area contributed by atoms with Crippen LogP contribution in [0.2, 0.25) is 0 Å². The minimum Gasteiger partial charge on any atom is -0.376 e. The Balaban J connectivity index is 0.00000364. The number of hydrogen-bond donors (Lipinski definition) is 1. The van der Waals surface area contributed by atoms with E-state index in [1.807, 2.05) is 0 Å². The quantitative estimate of drug-likeness (QED) is 0.331. The molecule has 2 rings (SSSR count). The molecule has 2 unspecified atom stereocenters. The van der Waals surface area contributed by atoms with Gasteiger partial charge in [0.2, 0.25) is 5.91 Å². The molecule has 0 aliphatic carbocycles. The van der Waals surface area contributed by atoms with Crippen molar-refractivity contribution < 1.29 is 9.53 Å². The monoisotopic (exact) mass is 495 g/mol. The summed E-state index contributed by atoms with van der Waals surface area (Å²) in [6, 6.07) is 0.562. The number of nitrogens with one attached hydrogen (secondary N) is 1. The van der Waals surface area contributed by atoms with Crippen LogP contribution in [0.4, 0.5) is 0 Å². The number of carbonyl (C=O) groups is 1. The number of hydrogen-bond acceptors (Lipinski definition) is 4. The van der Waals surface area contributed by atoms with E-state index in [0.717, 1.165) is 64.6 Å². The van der Waals surface area contributed by atoms with Crippen LogP contribution in [0.15, 0.2) is 4.99 Å². The van der Waals surface area contributed by atoms with E-state index < -0.39 is 0 Å². The largest absolute Gasteiger partial charge is 0.376 e. The number of halogens is 1. The second-order valence-electron chi connectivity index (χ2n) is 7.41. The topological polar surface area (TPSA) is 60.4 Å². The van der Waals surface area contributed by atoms with E-state index in [1.54, 1.807) is 19.0 Å². The molecular formula is C19H38IN5O2. The number of carbonyl (C=O) groups excluding carboxylic acids is 1. The van der Waals surface area contributed by atoms with Gasteiger partial charge in [0.15, 0.2) is 5.96 Å². The maximum atomic E-state index is 12.0. The molecule has 0 saturated carbocycles. The second kappa shape index (κ2) is 12.8. The van der Waals surface area contributed by atoms with E-state index in [2.05, 4.69) is 34.0 Å². The van der Waals surface area contributed by atoms with Crippen LogP contribution in [0.25, 0.3) is 0 Å². The second-order valence-corrected chi connectivity index (χ2v) is 7.41. The highest BCUT2D eigenvalue weighted by Gasteiger charge is 2.28. The molecule has 2 fully saturated rings. The molecule has 2 heterocycles. The molecule has 7 nitrogen and oxygen atoms in total. The van der Waals surface area contributed by atoms with Crippen molar-refractivity contribution in [2.24, 2.45) is 4.99 Å². The van der Waals surface area contributed by atoms with Crippen molar-refractivity contribution in [1.29, 1.82) is 0 Å². The zero-order valence-corrected chi connectivity index (χ0v) is 19.8. The Bertz CT molecular complexity index is 465. The molecule has 1 amide bonds. The molecule has 2 aliphatic rings. The van der Waals surface area contributed by atoms with Crippen LogP contribution in [0.5, 0.6) is 0 Å². The van der Waals surface area contributed by atoms with Gasteiger partial charge in [-0.25, -0.2) is 4.99 Å². The number of amides is 1. The Morgan fingerprint density at radius 2 is 1.96 bits per heavy atom. The fourth-order valence-corrected chi connectivity index (χ4v) is 3.70. The highest BCUT2D eigenvalue weighted by atomic mass is 127. The van der Waals surface area contributed by atoms with Crippen LogP contribution < -0.4 is 5.32 Å². The van der Waals surface area contributed by atoms with Crippen LogP contribution in [0.1, 0.15) is 39.5 Å². The summed E-state index contributed by atoms with van der Waals surface area (Å²) in [6.45, 7) is 10.3. The lowest BCUT2D eigenvalue weighted by Gasteiger charge is -2.29. The van der Waals surface area contributed by atoms with Gasteiger partial charge in [0, 0.05) is 46.4 Å². The van der Waals surface area contributed by atoms with Gasteiger partial charge in [0.1, 0.15) is 6.54 Å². The van der Waals surface area contributed by atoms with E-state index >= 15 is 0 Å². The summed E-state index contributed by atoms with van der Waals surface area (Å²) < 4.78 is 5.83. The Hall–Kier alpha value is -0.610. The number of likely N-dealkylation sites (N-methyl/N-ethyl adjacent to an activating group) is 2. The van der Waals surface area contributed by atoms with Gasteiger partial charge >= 0.3 is 0 Å². The number of likely N-dealkylation sites (tertiary alicyclic amines) is 1. The lowest BCUT2D eigenvalue weighted by Crippen LogP contribution is -2.46. The highest BCUT2D eigenvalue weighted by molar-refractivity contribution is 14.0. The van der Waals surface area contributed by atoms with Crippen molar-refractivity contribution >= 4 is 35.8 Å². The van der Waals surface area contributed by atoms with Gasteiger partial charge in [-0.05, 0) is 38.8 Å². The summed E-state index contributed by atoms with van der Waals surface area (Å²) in [5.41, 5.74) is 0. The first kappa shape index (κ1) is 24.4. The molecule has 0 radical (unpaired) electrons. The third-order valence-corrected chi connectivity index (χ3v) is 5.42. The molecule has 0 aromatic rings. The number of aliphatic imine (C=N–C) groups is 1. The maximum absolute atomic E-state index is 12.0. The van der Waals surface area contributed by atoms with Crippen molar-refractivity contribution in [1.82, 2.24) is 20.0 Å². The van der Waals surface area contributed by atoms with Gasteiger partial charge in [-0.3, -0.25) is 9.69 Å². The number of rotatable bonds is 7. The molecule has 158 valence electrons. The third-order valence-electron chi connectivity index (χ3n) is 5.42. The van der Waals surface area contributed by atoms with Gasteiger partial charge in [-0.1, -0.05) is 13.8 Å². The zero-order valence-electron chi connectivity index (χ0n) is 17.4. The number of ether oxygens (including phenoxy) is 1. The standard InChI is InChI=1S/C19H37N5O2.HI/c1-5-23(6-2)16-10-11-24(15-16)19(21-14-18(25)22(3)4)20-13-17-9-7-8-12-26-17;/h16-17H,5-15H2,1-4H3,(H,20,21);1H. The van der Waals surface area contributed by atoms with E-state index in [9.17, 15) is 4.79 Å². The van der Waals surface area contributed by atoms with Gasteiger partial charge in [0.25, 0.3) is 0 Å². The smallest absolute Gasteiger partial charge is 0.243 e. The molecule has 0 bridgehead atoms. The van der Waals surface area contributed by atoms with Crippen LogP contribution in [-0.4, -0.2) is 98.7 Å². The van der Waals surface area contributed by atoms with Crippen LogP contribution in [-0.2, 0) is 9.53 Å². The third kappa shape index (κ3) is 7.73. The number of guanidine groups is 1. The van der Waals surface area contributed by atoms with Crippen molar-refractivity contribution in [3.05, 3.63) is 0 Å². The van der Waals surface area contributed by atoms with Crippen molar-refractivity contribution in [2.75, 3.05) is 60.0 Å².